The number of carbonyl (C=O) groups is 1. The van der Waals surface area contributed by atoms with Gasteiger partial charge in [-0.05, 0) is 30.7 Å². The zero-order valence-electron chi connectivity index (χ0n) is 13.6. The molecule has 2 aromatic carbocycles. The highest BCUT2D eigenvalue weighted by Gasteiger charge is 2.10. The van der Waals surface area contributed by atoms with Gasteiger partial charge in [-0.25, -0.2) is 9.37 Å². The van der Waals surface area contributed by atoms with Crippen molar-refractivity contribution in [2.24, 2.45) is 0 Å². The minimum Gasteiger partial charge on any atom is -0.346 e. The van der Waals surface area contributed by atoms with E-state index in [-0.39, 0.29) is 17.8 Å². The number of carbonyl (C=O) groups excluding carboxylic acids is 1. The van der Waals surface area contributed by atoms with Crippen molar-refractivity contribution in [2.45, 2.75) is 13.0 Å². The van der Waals surface area contributed by atoms with E-state index in [1.165, 1.54) is 18.2 Å². The highest BCUT2D eigenvalue weighted by atomic mass is 32.1. The fourth-order valence-corrected chi connectivity index (χ4v) is 3.06. The summed E-state index contributed by atoms with van der Waals surface area (Å²) in [7, 11) is 0. The molecular formula is C20H17FN2OS. The molecule has 126 valence electrons. The second kappa shape index (κ2) is 7.85. The molecule has 25 heavy (non-hydrogen) atoms. The Hall–Kier alpha value is -2.79. The summed E-state index contributed by atoms with van der Waals surface area (Å²) in [6.45, 7) is 1.91. The summed E-state index contributed by atoms with van der Waals surface area (Å²) >= 11 is 1.57. The molecule has 0 bridgehead atoms. The maximum absolute atomic E-state index is 13.6. The van der Waals surface area contributed by atoms with Crippen LogP contribution < -0.4 is 5.32 Å². The largest absolute Gasteiger partial charge is 0.346 e. The molecule has 0 radical (unpaired) electrons. The van der Waals surface area contributed by atoms with Crippen LogP contribution in [0.3, 0.4) is 0 Å². The first-order chi connectivity index (χ1) is 12.1. The normalized spacial score (nSPS) is 12.2. The Bertz CT molecular complexity index is 890. The fourth-order valence-electron chi connectivity index (χ4n) is 2.43. The van der Waals surface area contributed by atoms with Gasteiger partial charge in [0.25, 0.3) is 0 Å². The van der Waals surface area contributed by atoms with Gasteiger partial charge in [-0.3, -0.25) is 4.79 Å². The Morgan fingerprint density at radius 3 is 2.84 bits per heavy atom. The van der Waals surface area contributed by atoms with Crippen molar-refractivity contribution >= 4 is 23.3 Å². The van der Waals surface area contributed by atoms with E-state index in [0.717, 1.165) is 16.1 Å². The first-order valence-corrected chi connectivity index (χ1v) is 8.74. The molecule has 1 heterocycles. The molecule has 1 N–H and O–H groups in total. The van der Waals surface area contributed by atoms with E-state index in [1.54, 1.807) is 35.7 Å². The molecule has 3 rings (SSSR count). The lowest BCUT2D eigenvalue weighted by Gasteiger charge is -2.13. The third-order valence-electron chi connectivity index (χ3n) is 3.74. The molecular weight excluding hydrogens is 335 g/mol. The Labute approximate surface area is 149 Å². The molecule has 0 spiro atoms. The van der Waals surface area contributed by atoms with Gasteiger partial charge in [0.2, 0.25) is 5.91 Å². The minimum atomic E-state index is -0.351. The molecule has 3 nitrogen and oxygen atoms in total. The maximum atomic E-state index is 13.6. The van der Waals surface area contributed by atoms with Gasteiger partial charge in [0.05, 0.1) is 6.04 Å². The summed E-state index contributed by atoms with van der Waals surface area (Å²) in [5.41, 5.74) is 2.40. The van der Waals surface area contributed by atoms with Crippen LogP contribution in [0.4, 0.5) is 4.39 Å². The number of benzene rings is 2. The summed E-state index contributed by atoms with van der Waals surface area (Å²) in [6, 6.07) is 14.1. The lowest BCUT2D eigenvalue weighted by atomic mass is 10.1. The third-order valence-corrected chi connectivity index (χ3v) is 4.57. The van der Waals surface area contributed by atoms with Gasteiger partial charge in [-0.1, -0.05) is 36.4 Å². The number of rotatable bonds is 5. The van der Waals surface area contributed by atoms with Gasteiger partial charge in [-0.2, -0.15) is 0 Å². The Morgan fingerprint density at radius 1 is 1.24 bits per heavy atom. The number of halogens is 1. The van der Waals surface area contributed by atoms with E-state index in [9.17, 15) is 9.18 Å². The van der Waals surface area contributed by atoms with Crippen LogP contribution in [0, 0.1) is 5.82 Å². The first kappa shape index (κ1) is 17.0. The molecule has 0 aliphatic heterocycles. The first-order valence-electron chi connectivity index (χ1n) is 7.86. The van der Waals surface area contributed by atoms with Gasteiger partial charge in [0.1, 0.15) is 10.8 Å². The van der Waals surface area contributed by atoms with Crippen LogP contribution in [0.1, 0.15) is 24.1 Å². The standard InChI is InChI=1S/C20H17FN2OS/c1-14(16-6-4-7-17(13-16)20-22-11-12-25-20)23-19(24)10-9-15-5-2-3-8-18(15)21/h2-14H,1H3,(H,23,24)/b10-9+/t14-/m0/s1. The van der Waals surface area contributed by atoms with Crippen molar-refractivity contribution in [2.75, 3.05) is 0 Å². The molecule has 0 unspecified atom stereocenters. The van der Waals surface area contributed by atoms with Crippen LogP contribution in [-0.4, -0.2) is 10.9 Å². The van der Waals surface area contributed by atoms with Gasteiger partial charge in [0.15, 0.2) is 0 Å². The zero-order valence-corrected chi connectivity index (χ0v) is 14.5. The molecule has 0 aliphatic rings. The van der Waals surface area contributed by atoms with Crippen LogP contribution in [0.25, 0.3) is 16.6 Å². The predicted octanol–water partition coefficient (Wildman–Crippen LogP) is 4.84. The second-order valence-electron chi connectivity index (χ2n) is 5.55. The van der Waals surface area contributed by atoms with E-state index in [2.05, 4.69) is 10.3 Å². The summed E-state index contributed by atoms with van der Waals surface area (Å²) in [5.74, 6) is -0.619. The summed E-state index contributed by atoms with van der Waals surface area (Å²) in [6.07, 6.45) is 4.59. The van der Waals surface area contributed by atoms with Gasteiger partial charge < -0.3 is 5.32 Å². The van der Waals surface area contributed by atoms with Crippen molar-refractivity contribution in [3.63, 3.8) is 0 Å². The lowest BCUT2D eigenvalue weighted by molar-refractivity contribution is -0.117. The molecule has 5 heteroatoms. The Balaban J connectivity index is 1.68. The average molecular weight is 352 g/mol. The van der Waals surface area contributed by atoms with Crippen LogP contribution in [0.15, 0.2) is 66.2 Å². The number of amides is 1. The van der Waals surface area contributed by atoms with Crippen LogP contribution >= 0.6 is 11.3 Å². The highest BCUT2D eigenvalue weighted by Crippen LogP contribution is 2.24. The molecule has 1 atom stereocenters. The summed E-state index contributed by atoms with van der Waals surface area (Å²) in [5, 5.41) is 5.77. The van der Waals surface area contributed by atoms with E-state index in [1.807, 2.05) is 36.6 Å². The topological polar surface area (TPSA) is 42.0 Å². The van der Waals surface area contributed by atoms with E-state index in [0.29, 0.717) is 5.56 Å². The molecule has 0 fully saturated rings. The van der Waals surface area contributed by atoms with Gasteiger partial charge >= 0.3 is 0 Å². The van der Waals surface area contributed by atoms with Crippen LogP contribution in [0.5, 0.6) is 0 Å². The van der Waals surface area contributed by atoms with Crippen LogP contribution in [-0.2, 0) is 4.79 Å². The Kier molecular flexibility index (Phi) is 5.36. The number of aromatic nitrogens is 1. The molecule has 0 saturated heterocycles. The quantitative estimate of drug-likeness (QED) is 0.668. The Morgan fingerprint density at radius 2 is 2.08 bits per heavy atom. The number of hydrogen-bond acceptors (Lipinski definition) is 3. The molecule has 1 amide bonds. The maximum Gasteiger partial charge on any atom is 0.244 e. The van der Waals surface area contributed by atoms with Crippen molar-refractivity contribution in [1.29, 1.82) is 0 Å². The van der Waals surface area contributed by atoms with Crippen molar-refractivity contribution in [3.8, 4) is 10.6 Å². The van der Waals surface area contributed by atoms with Crippen molar-refractivity contribution in [3.05, 3.63) is 83.1 Å². The zero-order chi connectivity index (χ0) is 17.6. The van der Waals surface area contributed by atoms with Crippen LogP contribution in [0.2, 0.25) is 0 Å². The second-order valence-corrected chi connectivity index (χ2v) is 6.44. The van der Waals surface area contributed by atoms with E-state index >= 15 is 0 Å². The number of nitrogens with one attached hydrogen (secondary N) is 1. The molecule has 0 aliphatic carbocycles. The van der Waals surface area contributed by atoms with Gasteiger partial charge in [0, 0.05) is 28.8 Å². The summed E-state index contributed by atoms with van der Waals surface area (Å²) in [4.78, 5) is 16.4. The SMILES string of the molecule is C[C@H](NC(=O)/C=C/c1ccccc1F)c1cccc(-c2nccs2)c1. The fraction of sp³-hybridized carbons (Fsp3) is 0.100. The number of thiazole rings is 1. The van der Waals surface area contributed by atoms with Crippen molar-refractivity contribution < 1.29 is 9.18 Å². The highest BCUT2D eigenvalue weighted by molar-refractivity contribution is 7.13. The third kappa shape index (κ3) is 4.39. The smallest absolute Gasteiger partial charge is 0.244 e. The van der Waals surface area contributed by atoms with Gasteiger partial charge in [-0.15, -0.1) is 11.3 Å². The molecule has 0 saturated carbocycles. The number of hydrogen-bond donors (Lipinski definition) is 1. The van der Waals surface area contributed by atoms with Crippen molar-refractivity contribution in [1.82, 2.24) is 10.3 Å². The van der Waals surface area contributed by atoms with E-state index < -0.39 is 0 Å². The number of nitrogens with zero attached hydrogens (tertiary/aromatic N) is 1. The minimum absolute atomic E-state index is 0.169. The lowest BCUT2D eigenvalue weighted by Crippen LogP contribution is -2.24. The van der Waals surface area contributed by atoms with E-state index in [4.69, 9.17) is 0 Å². The molecule has 3 aromatic rings. The predicted molar refractivity (Wildman–Crippen MR) is 99.5 cm³/mol. The molecule has 1 aromatic heterocycles. The average Bonchev–Trinajstić information content (AvgIpc) is 3.16. The monoisotopic (exact) mass is 352 g/mol. The summed E-state index contributed by atoms with van der Waals surface area (Å²) < 4.78 is 13.6.